The Bertz CT molecular complexity index is 725. The number of rotatable bonds is 4. The number of esters is 1. The molecule has 0 unspecified atom stereocenters. The fraction of sp³-hybridized carbons (Fsp3) is 0.500. The van der Waals surface area contributed by atoms with E-state index in [4.69, 9.17) is 9.26 Å². The summed E-state index contributed by atoms with van der Waals surface area (Å²) in [5.41, 5.74) is 1.29. The topological polar surface area (TPSA) is 81.4 Å². The summed E-state index contributed by atoms with van der Waals surface area (Å²) >= 11 is 0. The minimum Gasteiger partial charge on any atom is -0.469 e. The number of fused-ring (bicyclic) bond motifs is 1. The highest BCUT2D eigenvalue weighted by Crippen LogP contribution is 2.25. The first kappa shape index (κ1) is 16.5. The molecule has 0 bridgehead atoms. The predicted octanol–water partition coefficient (Wildman–Crippen LogP) is 2.61. The van der Waals surface area contributed by atoms with E-state index < -0.39 is 0 Å². The molecule has 2 aromatic rings. The highest BCUT2D eigenvalue weighted by Gasteiger charge is 2.31. The summed E-state index contributed by atoms with van der Waals surface area (Å²) in [6, 6.07) is 7.29. The highest BCUT2D eigenvalue weighted by atomic mass is 16.5. The molecule has 1 fully saturated rings. The lowest BCUT2D eigenvalue weighted by Gasteiger charge is -2.24. The van der Waals surface area contributed by atoms with Gasteiger partial charge in [0.15, 0.2) is 5.58 Å². The van der Waals surface area contributed by atoms with Crippen LogP contribution < -0.4 is 5.32 Å². The van der Waals surface area contributed by atoms with Gasteiger partial charge in [0.2, 0.25) is 5.91 Å². The van der Waals surface area contributed by atoms with E-state index in [1.807, 2.05) is 24.3 Å². The summed E-state index contributed by atoms with van der Waals surface area (Å²) < 4.78 is 10.1. The van der Waals surface area contributed by atoms with Crippen molar-refractivity contribution in [3.63, 3.8) is 0 Å². The maximum atomic E-state index is 12.4. The molecule has 1 aliphatic rings. The van der Waals surface area contributed by atoms with Gasteiger partial charge < -0.3 is 14.6 Å². The van der Waals surface area contributed by atoms with Gasteiger partial charge in [-0.15, -0.1) is 0 Å². The van der Waals surface area contributed by atoms with Crippen LogP contribution in [-0.4, -0.2) is 30.2 Å². The molecule has 1 saturated carbocycles. The number of ether oxygens (including phenoxy) is 1. The smallest absolute Gasteiger partial charge is 0.310 e. The van der Waals surface area contributed by atoms with Crippen molar-refractivity contribution in [3.05, 3.63) is 30.0 Å². The maximum Gasteiger partial charge on any atom is 0.310 e. The van der Waals surface area contributed by atoms with E-state index in [9.17, 15) is 9.59 Å². The van der Waals surface area contributed by atoms with Gasteiger partial charge in [-0.2, -0.15) is 0 Å². The van der Waals surface area contributed by atoms with Gasteiger partial charge in [0.25, 0.3) is 0 Å². The van der Waals surface area contributed by atoms with Crippen LogP contribution >= 0.6 is 0 Å². The van der Waals surface area contributed by atoms with Gasteiger partial charge in [0.1, 0.15) is 5.69 Å². The summed E-state index contributed by atoms with van der Waals surface area (Å²) in [6.07, 6.45) is 4.76. The molecule has 0 spiro atoms. The van der Waals surface area contributed by atoms with E-state index in [2.05, 4.69) is 10.5 Å². The average molecular weight is 330 g/mol. The van der Waals surface area contributed by atoms with Crippen LogP contribution in [0.2, 0.25) is 0 Å². The number of benzene rings is 1. The van der Waals surface area contributed by atoms with Crippen LogP contribution in [0.3, 0.4) is 0 Å². The largest absolute Gasteiger partial charge is 0.469 e. The SMILES string of the molecule is COC(=O)[C@@H]1CCCCC[C@H]1NC(=O)Cc1noc2ccccc12. The Morgan fingerprint density at radius 2 is 2.04 bits per heavy atom. The number of hydrogen-bond donors (Lipinski definition) is 1. The van der Waals surface area contributed by atoms with Crippen molar-refractivity contribution < 1.29 is 18.8 Å². The molecular weight excluding hydrogens is 308 g/mol. The van der Waals surface area contributed by atoms with Gasteiger partial charge in [-0.1, -0.05) is 36.6 Å². The molecule has 128 valence electrons. The molecule has 2 atom stereocenters. The van der Waals surface area contributed by atoms with Crippen LogP contribution in [0.4, 0.5) is 0 Å². The van der Waals surface area contributed by atoms with Crippen LogP contribution in [0.1, 0.15) is 37.8 Å². The Morgan fingerprint density at radius 3 is 2.88 bits per heavy atom. The summed E-state index contributed by atoms with van der Waals surface area (Å²) in [4.78, 5) is 24.4. The monoisotopic (exact) mass is 330 g/mol. The Hall–Kier alpha value is -2.37. The first-order valence-corrected chi connectivity index (χ1v) is 8.39. The Balaban J connectivity index is 1.69. The van der Waals surface area contributed by atoms with Crippen LogP contribution in [0.25, 0.3) is 11.0 Å². The van der Waals surface area contributed by atoms with Crippen LogP contribution in [0.5, 0.6) is 0 Å². The molecular formula is C18H22N2O4. The first-order chi connectivity index (χ1) is 11.7. The quantitative estimate of drug-likeness (QED) is 0.688. The molecule has 1 aliphatic carbocycles. The van der Waals surface area contributed by atoms with E-state index in [1.165, 1.54) is 7.11 Å². The van der Waals surface area contributed by atoms with E-state index in [0.29, 0.717) is 11.3 Å². The van der Waals surface area contributed by atoms with Crippen LogP contribution in [0.15, 0.2) is 28.8 Å². The highest BCUT2D eigenvalue weighted by molar-refractivity contribution is 5.86. The number of hydrogen-bond acceptors (Lipinski definition) is 5. The average Bonchev–Trinajstić information content (AvgIpc) is 2.85. The van der Waals surface area contributed by atoms with Gasteiger partial charge in [0, 0.05) is 11.4 Å². The van der Waals surface area contributed by atoms with Gasteiger partial charge >= 0.3 is 5.97 Å². The van der Waals surface area contributed by atoms with Crippen LogP contribution in [-0.2, 0) is 20.7 Å². The maximum absolute atomic E-state index is 12.4. The second-order valence-electron chi connectivity index (χ2n) is 6.24. The third-order valence-corrected chi connectivity index (χ3v) is 4.65. The number of amides is 1. The lowest BCUT2D eigenvalue weighted by Crippen LogP contribution is -2.43. The Labute approximate surface area is 140 Å². The summed E-state index contributed by atoms with van der Waals surface area (Å²) in [5, 5.41) is 7.84. The van der Waals surface area contributed by atoms with Crippen molar-refractivity contribution in [2.24, 2.45) is 5.92 Å². The summed E-state index contributed by atoms with van der Waals surface area (Å²) in [6.45, 7) is 0. The number of aromatic nitrogens is 1. The fourth-order valence-corrected chi connectivity index (χ4v) is 3.39. The molecule has 3 rings (SSSR count). The molecule has 1 amide bonds. The first-order valence-electron chi connectivity index (χ1n) is 8.39. The van der Waals surface area contributed by atoms with Crippen molar-refractivity contribution in [2.75, 3.05) is 7.11 Å². The van der Waals surface area contributed by atoms with E-state index in [0.717, 1.165) is 37.5 Å². The third-order valence-electron chi connectivity index (χ3n) is 4.65. The van der Waals surface area contributed by atoms with Gasteiger partial charge in [-0.3, -0.25) is 9.59 Å². The van der Waals surface area contributed by atoms with E-state index in [1.54, 1.807) is 0 Å². The molecule has 24 heavy (non-hydrogen) atoms. The molecule has 1 heterocycles. The Morgan fingerprint density at radius 1 is 1.25 bits per heavy atom. The van der Waals surface area contributed by atoms with Crippen molar-refractivity contribution in [1.82, 2.24) is 10.5 Å². The second kappa shape index (κ2) is 7.47. The minimum absolute atomic E-state index is 0.140. The van der Waals surface area contributed by atoms with Crippen molar-refractivity contribution >= 4 is 22.8 Å². The van der Waals surface area contributed by atoms with Crippen molar-refractivity contribution in [1.29, 1.82) is 0 Å². The normalized spacial score (nSPS) is 21.2. The Kier molecular flexibility index (Phi) is 5.13. The zero-order valence-corrected chi connectivity index (χ0v) is 13.8. The molecule has 0 saturated heterocycles. The van der Waals surface area contributed by atoms with Gasteiger partial charge in [-0.05, 0) is 25.0 Å². The molecule has 0 radical (unpaired) electrons. The fourth-order valence-electron chi connectivity index (χ4n) is 3.39. The number of nitrogens with zero attached hydrogens (tertiary/aromatic N) is 1. The van der Waals surface area contributed by atoms with Gasteiger partial charge in [-0.25, -0.2) is 0 Å². The molecule has 6 nitrogen and oxygen atoms in total. The summed E-state index contributed by atoms with van der Waals surface area (Å²) in [5.74, 6) is -0.653. The second-order valence-corrected chi connectivity index (χ2v) is 6.24. The van der Waals surface area contributed by atoms with Gasteiger partial charge in [0.05, 0.1) is 19.4 Å². The lowest BCUT2D eigenvalue weighted by molar-refractivity contribution is -0.147. The summed E-state index contributed by atoms with van der Waals surface area (Å²) in [7, 11) is 1.40. The van der Waals surface area contributed by atoms with Crippen molar-refractivity contribution in [2.45, 2.75) is 44.6 Å². The number of carbonyl (C=O) groups excluding carboxylic acids is 2. The zero-order chi connectivity index (χ0) is 16.9. The molecule has 6 heteroatoms. The lowest BCUT2D eigenvalue weighted by atomic mass is 9.94. The molecule has 1 N–H and O–H groups in total. The number of para-hydroxylation sites is 1. The zero-order valence-electron chi connectivity index (χ0n) is 13.8. The van der Waals surface area contributed by atoms with Crippen LogP contribution in [0, 0.1) is 5.92 Å². The standard InChI is InChI=1S/C18H22N2O4/c1-23-18(22)13-8-3-2-4-9-14(13)19-17(21)11-15-12-7-5-6-10-16(12)24-20-15/h5-7,10,13-14H,2-4,8-9,11H2,1H3,(H,19,21)/t13-,14-/m1/s1. The minimum atomic E-state index is -0.268. The molecule has 1 aromatic carbocycles. The van der Waals surface area contributed by atoms with E-state index >= 15 is 0 Å². The molecule has 1 aromatic heterocycles. The predicted molar refractivity (Wildman–Crippen MR) is 88.2 cm³/mol. The number of nitrogens with one attached hydrogen (secondary N) is 1. The number of methoxy groups -OCH3 is 1. The number of carbonyl (C=O) groups is 2. The third kappa shape index (κ3) is 3.58. The molecule has 0 aliphatic heterocycles. The van der Waals surface area contributed by atoms with Crippen molar-refractivity contribution in [3.8, 4) is 0 Å². The van der Waals surface area contributed by atoms with E-state index in [-0.39, 0.29) is 30.3 Å².